The lowest BCUT2D eigenvalue weighted by atomic mass is 9.97. The van der Waals surface area contributed by atoms with Crippen molar-refractivity contribution in [1.82, 2.24) is 10.2 Å². The van der Waals surface area contributed by atoms with Gasteiger partial charge in [-0.15, -0.1) is 0 Å². The van der Waals surface area contributed by atoms with E-state index in [1.807, 2.05) is 6.92 Å². The van der Waals surface area contributed by atoms with Crippen molar-refractivity contribution >= 4 is 0 Å². The maximum Gasteiger partial charge on any atom is 0.0765 e. The number of hydrogen-bond acceptors (Lipinski definition) is 4. The van der Waals surface area contributed by atoms with E-state index in [0.29, 0.717) is 31.7 Å². The molecule has 2 saturated heterocycles. The highest BCUT2D eigenvalue weighted by Crippen LogP contribution is 2.27. The molecule has 4 heteroatoms. The van der Waals surface area contributed by atoms with E-state index in [4.69, 9.17) is 4.74 Å². The van der Waals surface area contributed by atoms with Gasteiger partial charge in [0.2, 0.25) is 0 Å². The topological polar surface area (TPSA) is 44.7 Å². The molecular formula is C14H28N2O2. The third-order valence-electron chi connectivity index (χ3n) is 4.45. The molecule has 0 aromatic carbocycles. The van der Waals surface area contributed by atoms with Gasteiger partial charge in [0.25, 0.3) is 0 Å². The molecule has 2 aliphatic heterocycles. The SMILES string of the molecule is COCCC(C)(O)CNC1CCN2CCCCC12. The molecule has 3 unspecified atom stereocenters. The van der Waals surface area contributed by atoms with E-state index in [1.165, 1.54) is 38.8 Å². The molecule has 0 amide bonds. The molecule has 0 aliphatic carbocycles. The van der Waals surface area contributed by atoms with E-state index in [1.54, 1.807) is 7.11 Å². The second-order valence-electron chi connectivity index (χ2n) is 6.11. The first-order valence-corrected chi connectivity index (χ1v) is 7.31. The Morgan fingerprint density at radius 3 is 2.94 bits per heavy atom. The van der Waals surface area contributed by atoms with Crippen molar-refractivity contribution in [3.8, 4) is 0 Å². The predicted octanol–water partition coefficient (Wildman–Crippen LogP) is 0.990. The van der Waals surface area contributed by atoms with Crippen molar-refractivity contribution in [2.75, 3.05) is 33.4 Å². The summed E-state index contributed by atoms with van der Waals surface area (Å²) in [5.41, 5.74) is -0.655. The summed E-state index contributed by atoms with van der Waals surface area (Å²) in [6, 6.07) is 1.27. The lowest BCUT2D eigenvalue weighted by Gasteiger charge is -2.34. The monoisotopic (exact) mass is 256 g/mol. The normalized spacial score (nSPS) is 32.2. The summed E-state index contributed by atoms with van der Waals surface area (Å²) < 4.78 is 5.04. The molecule has 0 aromatic heterocycles. The maximum atomic E-state index is 10.2. The molecule has 0 saturated carbocycles. The van der Waals surface area contributed by atoms with Gasteiger partial charge in [-0.25, -0.2) is 0 Å². The largest absolute Gasteiger partial charge is 0.389 e. The number of fused-ring (bicyclic) bond motifs is 1. The molecule has 18 heavy (non-hydrogen) atoms. The van der Waals surface area contributed by atoms with Gasteiger partial charge in [0.15, 0.2) is 0 Å². The third kappa shape index (κ3) is 3.67. The van der Waals surface area contributed by atoms with Crippen LogP contribution in [0.2, 0.25) is 0 Å². The quantitative estimate of drug-likeness (QED) is 0.744. The molecule has 106 valence electrons. The van der Waals surface area contributed by atoms with Crippen LogP contribution in [-0.2, 0) is 4.74 Å². The van der Waals surface area contributed by atoms with Crippen LogP contribution in [0.25, 0.3) is 0 Å². The Labute approximate surface area is 111 Å². The summed E-state index contributed by atoms with van der Waals surface area (Å²) in [6.07, 6.45) is 5.95. The van der Waals surface area contributed by atoms with E-state index in [0.717, 1.165) is 0 Å². The number of aliphatic hydroxyl groups is 1. The molecule has 0 bridgehead atoms. The van der Waals surface area contributed by atoms with Crippen molar-refractivity contribution in [2.45, 2.75) is 56.7 Å². The minimum absolute atomic E-state index is 0.569. The van der Waals surface area contributed by atoms with Crippen LogP contribution in [0.15, 0.2) is 0 Å². The molecule has 0 radical (unpaired) electrons. The van der Waals surface area contributed by atoms with Crippen LogP contribution in [0, 0.1) is 0 Å². The zero-order valence-electron chi connectivity index (χ0n) is 11.8. The summed E-state index contributed by atoms with van der Waals surface area (Å²) in [5.74, 6) is 0. The van der Waals surface area contributed by atoms with Gasteiger partial charge in [-0.1, -0.05) is 6.42 Å². The van der Waals surface area contributed by atoms with Crippen molar-refractivity contribution < 1.29 is 9.84 Å². The first kappa shape index (κ1) is 14.3. The Kier molecular flexibility index (Phi) is 5.01. The third-order valence-corrected chi connectivity index (χ3v) is 4.45. The first-order valence-electron chi connectivity index (χ1n) is 7.31. The van der Waals surface area contributed by atoms with Crippen LogP contribution in [0.3, 0.4) is 0 Å². The highest BCUT2D eigenvalue weighted by Gasteiger charge is 2.36. The van der Waals surface area contributed by atoms with E-state index in [-0.39, 0.29) is 0 Å². The van der Waals surface area contributed by atoms with Gasteiger partial charge in [-0.05, 0) is 32.7 Å². The van der Waals surface area contributed by atoms with Gasteiger partial charge in [-0.3, -0.25) is 4.90 Å². The van der Waals surface area contributed by atoms with Gasteiger partial charge < -0.3 is 15.2 Å². The highest BCUT2D eigenvalue weighted by molar-refractivity contribution is 4.95. The number of piperidine rings is 1. The fourth-order valence-corrected chi connectivity index (χ4v) is 3.25. The van der Waals surface area contributed by atoms with Crippen LogP contribution < -0.4 is 5.32 Å². The van der Waals surface area contributed by atoms with Gasteiger partial charge >= 0.3 is 0 Å². The summed E-state index contributed by atoms with van der Waals surface area (Å²) in [5, 5.41) is 13.8. The van der Waals surface area contributed by atoms with E-state index in [9.17, 15) is 5.11 Å². The second kappa shape index (κ2) is 6.33. The second-order valence-corrected chi connectivity index (χ2v) is 6.11. The Hall–Kier alpha value is -0.160. The van der Waals surface area contributed by atoms with E-state index in [2.05, 4.69) is 10.2 Å². The number of nitrogens with one attached hydrogen (secondary N) is 1. The highest BCUT2D eigenvalue weighted by atomic mass is 16.5. The molecule has 4 nitrogen and oxygen atoms in total. The fourth-order valence-electron chi connectivity index (χ4n) is 3.25. The lowest BCUT2D eigenvalue weighted by molar-refractivity contribution is 0.0212. The Bertz CT molecular complexity index is 258. The van der Waals surface area contributed by atoms with Crippen LogP contribution in [0.1, 0.15) is 39.0 Å². The maximum absolute atomic E-state index is 10.2. The minimum atomic E-state index is -0.655. The zero-order chi connectivity index (χ0) is 13.0. The number of methoxy groups -OCH3 is 1. The number of rotatable bonds is 6. The summed E-state index contributed by atoms with van der Waals surface area (Å²) >= 11 is 0. The molecule has 0 aromatic rings. The van der Waals surface area contributed by atoms with E-state index < -0.39 is 5.60 Å². The smallest absolute Gasteiger partial charge is 0.0765 e. The summed E-state index contributed by atoms with van der Waals surface area (Å²) in [6.45, 7) is 5.68. The fraction of sp³-hybridized carbons (Fsp3) is 1.00. The van der Waals surface area contributed by atoms with E-state index >= 15 is 0 Å². The van der Waals surface area contributed by atoms with Crippen LogP contribution in [0.4, 0.5) is 0 Å². The van der Waals surface area contributed by atoms with Gasteiger partial charge in [0.1, 0.15) is 0 Å². The zero-order valence-corrected chi connectivity index (χ0v) is 11.8. The first-order chi connectivity index (χ1) is 8.62. The van der Waals surface area contributed by atoms with Crippen molar-refractivity contribution in [3.05, 3.63) is 0 Å². The Morgan fingerprint density at radius 1 is 1.33 bits per heavy atom. The average molecular weight is 256 g/mol. The number of hydrogen-bond donors (Lipinski definition) is 2. The minimum Gasteiger partial charge on any atom is -0.389 e. The number of ether oxygens (including phenoxy) is 1. The molecule has 2 fully saturated rings. The van der Waals surface area contributed by atoms with Crippen LogP contribution in [0.5, 0.6) is 0 Å². The van der Waals surface area contributed by atoms with Crippen molar-refractivity contribution in [2.24, 2.45) is 0 Å². The van der Waals surface area contributed by atoms with Crippen LogP contribution in [-0.4, -0.2) is 61.0 Å². The molecule has 2 N–H and O–H groups in total. The Balaban J connectivity index is 1.76. The predicted molar refractivity (Wildman–Crippen MR) is 72.7 cm³/mol. The Morgan fingerprint density at radius 2 is 2.17 bits per heavy atom. The molecular weight excluding hydrogens is 228 g/mol. The van der Waals surface area contributed by atoms with Gasteiger partial charge in [-0.2, -0.15) is 0 Å². The molecule has 2 heterocycles. The average Bonchev–Trinajstić information content (AvgIpc) is 2.78. The molecule has 3 atom stereocenters. The van der Waals surface area contributed by atoms with Gasteiger partial charge in [0.05, 0.1) is 5.60 Å². The van der Waals surface area contributed by atoms with Gasteiger partial charge in [0, 0.05) is 45.3 Å². The van der Waals surface area contributed by atoms with Crippen LogP contribution >= 0.6 is 0 Å². The summed E-state index contributed by atoms with van der Waals surface area (Å²) in [4.78, 5) is 2.62. The summed E-state index contributed by atoms with van der Waals surface area (Å²) in [7, 11) is 1.68. The molecule has 2 rings (SSSR count). The lowest BCUT2D eigenvalue weighted by Crippen LogP contribution is -2.49. The van der Waals surface area contributed by atoms with Crippen molar-refractivity contribution in [1.29, 1.82) is 0 Å². The standard InChI is InChI=1S/C14H28N2O2/c1-14(17,7-10-18-2)11-15-12-6-9-16-8-4-3-5-13(12)16/h12-13,15,17H,3-11H2,1-2H3. The number of nitrogens with zero attached hydrogens (tertiary/aromatic N) is 1. The molecule has 0 spiro atoms. The molecule has 2 aliphatic rings. The van der Waals surface area contributed by atoms with Crippen molar-refractivity contribution in [3.63, 3.8) is 0 Å².